The van der Waals surface area contributed by atoms with Gasteiger partial charge in [0.2, 0.25) is 0 Å². The molecule has 1 unspecified atom stereocenters. The van der Waals surface area contributed by atoms with Gasteiger partial charge in [-0.05, 0) is 37.3 Å². The van der Waals surface area contributed by atoms with Crippen LogP contribution in [-0.2, 0) is 4.74 Å². The van der Waals surface area contributed by atoms with Crippen molar-refractivity contribution in [2.45, 2.75) is 25.3 Å². The minimum Gasteiger partial charge on any atom is -0.494 e. The molecule has 0 saturated heterocycles. The molecule has 0 aliphatic heterocycles. The van der Waals surface area contributed by atoms with E-state index in [1.54, 1.807) is 0 Å². The van der Waals surface area contributed by atoms with Gasteiger partial charge in [-0.1, -0.05) is 6.08 Å². The van der Waals surface area contributed by atoms with Crippen molar-refractivity contribution in [3.8, 4) is 0 Å². The highest BCUT2D eigenvalue weighted by Gasteiger charge is 2.22. The van der Waals surface area contributed by atoms with Crippen molar-refractivity contribution in [3.05, 3.63) is 24.0 Å². The lowest BCUT2D eigenvalue weighted by Gasteiger charge is -2.12. The van der Waals surface area contributed by atoms with Crippen LogP contribution in [0.4, 0.5) is 0 Å². The van der Waals surface area contributed by atoms with Crippen LogP contribution in [0.25, 0.3) is 0 Å². The van der Waals surface area contributed by atoms with Crippen LogP contribution in [0.3, 0.4) is 0 Å². The van der Waals surface area contributed by atoms with E-state index in [4.69, 9.17) is 10.5 Å². The first kappa shape index (κ1) is 7.87. The third kappa shape index (κ3) is 2.11. The number of ether oxygens (including phenoxy) is 1. The fraction of sp³-hybridized carbons (Fsp3) is 0.600. The van der Waals surface area contributed by atoms with E-state index < -0.39 is 0 Å². The standard InChI is InChI=1S/C10H15NO/c11-9-3-5-10(6-4-9)12-7-8-1-2-8/h3,5-6,8-9H,1-2,4,7,11H2. The highest BCUT2D eigenvalue weighted by atomic mass is 16.5. The molecule has 2 N–H and O–H groups in total. The van der Waals surface area contributed by atoms with Gasteiger partial charge in [0, 0.05) is 6.04 Å². The second kappa shape index (κ2) is 3.31. The maximum atomic E-state index is 5.68. The zero-order valence-electron chi connectivity index (χ0n) is 7.20. The Morgan fingerprint density at radius 3 is 2.92 bits per heavy atom. The van der Waals surface area contributed by atoms with Gasteiger partial charge in [0.05, 0.1) is 6.61 Å². The zero-order chi connectivity index (χ0) is 8.39. The predicted molar refractivity (Wildman–Crippen MR) is 48.5 cm³/mol. The van der Waals surface area contributed by atoms with Crippen molar-refractivity contribution >= 4 is 0 Å². The molecule has 1 saturated carbocycles. The molecule has 0 heterocycles. The number of hydrogen-bond donors (Lipinski definition) is 1. The van der Waals surface area contributed by atoms with Crippen molar-refractivity contribution < 1.29 is 4.74 Å². The van der Waals surface area contributed by atoms with Crippen LogP contribution < -0.4 is 5.73 Å². The molecule has 2 aliphatic carbocycles. The Kier molecular flexibility index (Phi) is 2.17. The SMILES string of the molecule is NC1C=CC(OCC2CC2)=CC1. The Morgan fingerprint density at radius 2 is 2.33 bits per heavy atom. The van der Waals surface area contributed by atoms with Gasteiger partial charge in [-0.3, -0.25) is 0 Å². The van der Waals surface area contributed by atoms with E-state index in [-0.39, 0.29) is 6.04 Å². The number of hydrogen-bond acceptors (Lipinski definition) is 2. The minimum absolute atomic E-state index is 0.193. The summed E-state index contributed by atoms with van der Waals surface area (Å²) in [6.45, 7) is 0.894. The molecule has 2 heteroatoms. The van der Waals surface area contributed by atoms with Crippen LogP contribution in [0, 0.1) is 5.92 Å². The second-order valence-electron chi connectivity index (χ2n) is 3.62. The minimum atomic E-state index is 0.193. The van der Waals surface area contributed by atoms with Crippen molar-refractivity contribution in [3.63, 3.8) is 0 Å². The summed E-state index contributed by atoms with van der Waals surface area (Å²) < 4.78 is 5.57. The van der Waals surface area contributed by atoms with Gasteiger partial charge in [-0.25, -0.2) is 0 Å². The van der Waals surface area contributed by atoms with E-state index in [0.717, 1.165) is 24.7 Å². The summed E-state index contributed by atoms with van der Waals surface area (Å²) in [4.78, 5) is 0. The molecular formula is C10H15NO. The maximum Gasteiger partial charge on any atom is 0.115 e. The number of nitrogens with two attached hydrogens (primary N) is 1. The monoisotopic (exact) mass is 165 g/mol. The van der Waals surface area contributed by atoms with E-state index in [1.807, 2.05) is 12.2 Å². The molecule has 0 aromatic carbocycles. The quantitative estimate of drug-likeness (QED) is 0.689. The molecule has 1 atom stereocenters. The van der Waals surface area contributed by atoms with Gasteiger partial charge in [-0.15, -0.1) is 0 Å². The highest BCUT2D eigenvalue weighted by molar-refractivity contribution is 5.19. The van der Waals surface area contributed by atoms with Crippen LogP contribution in [0.5, 0.6) is 0 Å². The van der Waals surface area contributed by atoms with Gasteiger partial charge in [0.15, 0.2) is 0 Å². The number of allylic oxidation sites excluding steroid dienone is 1. The number of rotatable bonds is 3. The van der Waals surface area contributed by atoms with Gasteiger partial charge < -0.3 is 10.5 Å². The van der Waals surface area contributed by atoms with Gasteiger partial charge in [-0.2, -0.15) is 0 Å². The Bertz CT molecular complexity index is 216. The molecule has 0 bridgehead atoms. The summed E-state index contributed by atoms with van der Waals surface area (Å²) >= 11 is 0. The molecular weight excluding hydrogens is 150 g/mol. The lowest BCUT2D eigenvalue weighted by atomic mass is 10.1. The fourth-order valence-electron chi connectivity index (χ4n) is 1.22. The molecule has 1 fully saturated rings. The Labute approximate surface area is 73.1 Å². The van der Waals surface area contributed by atoms with E-state index in [2.05, 4.69) is 6.08 Å². The molecule has 2 rings (SSSR count). The molecule has 0 aromatic heterocycles. The Morgan fingerprint density at radius 1 is 1.50 bits per heavy atom. The Balaban J connectivity index is 1.76. The van der Waals surface area contributed by atoms with Crippen molar-refractivity contribution in [2.75, 3.05) is 6.61 Å². The van der Waals surface area contributed by atoms with Crippen LogP contribution in [0.15, 0.2) is 24.0 Å². The lowest BCUT2D eigenvalue weighted by molar-refractivity contribution is 0.208. The van der Waals surface area contributed by atoms with Gasteiger partial charge in [0.1, 0.15) is 5.76 Å². The Hall–Kier alpha value is -0.760. The fourth-order valence-corrected chi connectivity index (χ4v) is 1.22. The first-order chi connectivity index (χ1) is 5.84. The summed E-state index contributed by atoms with van der Waals surface area (Å²) in [5.41, 5.74) is 5.68. The van der Waals surface area contributed by atoms with Crippen LogP contribution in [-0.4, -0.2) is 12.6 Å². The summed E-state index contributed by atoms with van der Waals surface area (Å²) in [5, 5.41) is 0. The summed E-state index contributed by atoms with van der Waals surface area (Å²) in [7, 11) is 0. The zero-order valence-corrected chi connectivity index (χ0v) is 7.20. The molecule has 0 radical (unpaired) electrons. The van der Waals surface area contributed by atoms with Crippen LogP contribution in [0.2, 0.25) is 0 Å². The van der Waals surface area contributed by atoms with Crippen molar-refractivity contribution in [1.29, 1.82) is 0 Å². The topological polar surface area (TPSA) is 35.2 Å². The van der Waals surface area contributed by atoms with Crippen LogP contribution >= 0.6 is 0 Å². The molecule has 2 nitrogen and oxygen atoms in total. The third-order valence-corrected chi connectivity index (χ3v) is 2.28. The second-order valence-corrected chi connectivity index (χ2v) is 3.62. The summed E-state index contributed by atoms with van der Waals surface area (Å²) in [6, 6.07) is 0.193. The molecule has 0 aromatic rings. The molecule has 12 heavy (non-hydrogen) atoms. The average molecular weight is 165 g/mol. The molecule has 0 spiro atoms. The normalized spacial score (nSPS) is 28.4. The summed E-state index contributed by atoms with van der Waals surface area (Å²) in [5.74, 6) is 1.83. The van der Waals surface area contributed by atoms with Crippen LogP contribution in [0.1, 0.15) is 19.3 Å². The lowest BCUT2D eigenvalue weighted by Crippen LogP contribution is -2.18. The van der Waals surface area contributed by atoms with Crippen molar-refractivity contribution in [2.24, 2.45) is 11.7 Å². The smallest absolute Gasteiger partial charge is 0.115 e. The van der Waals surface area contributed by atoms with E-state index in [1.165, 1.54) is 12.8 Å². The summed E-state index contributed by atoms with van der Waals surface area (Å²) in [6.07, 6.45) is 9.66. The molecule has 2 aliphatic rings. The van der Waals surface area contributed by atoms with E-state index in [0.29, 0.717) is 0 Å². The predicted octanol–water partition coefficient (Wildman–Crippen LogP) is 1.58. The van der Waals surface area contributed by atoms with Crippen molar-refractivity contribution in [1.82, 2.24) is 0 Å². The first-order valence-corrected chi connectivity index (χ1v) is 4.61. The van der Waals surface area contributed by atoms with E-state index in [9.17, 15) is 0 Å². The largest absolute Gasteiger partial charge is 0.494 e. The third-order valence-electron chi connectivity index (χ3n) is 2.28. The maximum absolute atomic E-state index is 5.68. The van der Waals surface area contributed by atoms with E-state index >= 15 is 0 Å². The first-order valence-electron chi connectivity index (χ1n) is 4.61. The average Bonchev–Trinajstić information content (AvgIpc) is 2.87. The molecule has 0 amide bonds. The van der Waals surface area contributed by atoms with Gasteiger partial charge in [0.25, 0.3) is 0 Å². The van der Waals surface area contributed by atoms with Gasteiger partial charge >= 0.3 is 0 Å². The highest BCUT2D eigenvalue weighted by Crippen LogP contribution is 2.29. The molecule has 66 valence electrons.